The van der Waals surface area contributed by atoms with Gasteiger partial charge in [-0.1, -0.05) is 0 Å². The van der Waals surface area contributed by atoms with Crippen LogP contribution in [0.15, 0.2) is 66.9 Å². The fourth-order valence-corrected chi connectivity index (χ4v) is 3.03. The largest absolute Gasteiger partial charge is 0.494 e. The van der Waals surface area contributed by atoms with E-state index in [4.69, 9.17) is 4.74 Å². The molecule has 7 heteroatoms. The predicted octanol–water partition coefficient (Wildman–Crippen LogP) is 4.37. The number of benzene rings is 2. The van der Waals surface area contributed by atoms with Gasteiger partial charge in [-0.2, -0.15) is 0 Å². The van der Waals surface area contributed by atoms with Crippen molar-refractivity contribution in [2.24, 2.45) is 0 Å². The van der Waals surface area contributed by atoms with Crippen molar-refractivity contribution >= 4 is 29.0 Å². The Morgan fingerprint density at radius 2 is 1.68 bits per heavy atom. The van der Waals surface area contributed by atoms with E-state index in [1.54, 1.807) is 42.6 Å². The minimum atomic E-state index is -0.295. The summed E-state index contributed by atoms with van der Waals surface area (Å²) in [6.45, 7) is 2.53. The number of anilines is 3. The normalized spacial score (nSPS) is 12.7. The van der Waals surface area contributed by atoms with Gasteiger partial charge in [0, 0.05) is 29.2 Å². The van der Waals surface area contributed by atoms with Gasteiger partial charge in [0.1, 0.15) is 11.6 Å². The molecule has 0 aliphatic heterocycles. The Labute approximate surface area is 180 Å². The van der Waals surface area contributed by atoms with Crippen LogP contribution >= 0.6 is 0 Å². The molecule has 3 N–H and O–H groups in total. The highest BCUT2D eigenvalue weighted by Gasteiger charge is 2.23. The van der Waals surface area contributed by atoms with Crippen LogP contribution in [-0.2, 0) is 0 Å². The number of ether oxygens (including phenoxy) is 1. The lowest BCUT2D eigenvalue weighted by molar-refractivity contribution is 0.0950. The summed E-state index contributed by atoms with van der Waals surface area (Å²) in [5.41, 5.74) is 2.38. The molecule has 2 amide bonds. The lowest BCUT2D eigenvalue weighted by atomic mass is 10.1. The molecule has 0 atom stereocenters. The Morgan fingerprint density at radius 1 is 0.968 bits per heavy atom. The third-order valence-corrected chi connectivity index (χ3v) is 4.80. The Balaban J connectivity index is 1.43. The summed E-state index contributed by atoms with van der Waals surface area (Å²) in [7, 11) is 0. The van der Waals surface area contributed by atoms with Crippen LogP contribution in [0.3, 0.4) is 0 Å². The minimum absolute atomic E-state index is 0.0884. The Hall–Kier alpha value is -3.87. The molecule has 4 rings (SSSR count). The smallest absolute Gasteiger partial charge is 0.259 e. The number of hydrogen-bond donors (Lipinski definition) is 3. The first kappa shape index (κ1) is 20.4. The number of pyridine rings is 1. The van der Waals surface area contributed by atoms with Crippen molar-refractivity contribution in [1.82, 2.24) is 10.3 Å². The topological polar surface area (TPSA) is 92.3 Å². The number of nitrogens with one attached hydrogen (secondary N) is 3. The first-order chi connectivity index (χ1) is 15.1. The van der Waals surface area contributed by atoms with Gasteiger partial charge >= 0.3 is 0 Å². The van der Waals surface area contributed by atoms with E-state index in [1.807, 2.05) is 31.2 Å². The van der Waals surface area contributed by atoms with E-state index < -0.39 is 0 Å². The van der Waals surface area contributed by atoms with E-state index in [1.165, 1.54) is 0 Å². The van der Waals surface area contributed by atoms with Crippen molar-refractivity contribution in [3.8, 4) is 5.75 Å². The first-order valence-electron chi connectivity index (χ1n) is 10.3. The molecule has 1 fully saturated rings. The standard InChI is InChI=1S/C24H24N4O3/c1-2-31-20-13-11-17(12-14-20)26-22-21(4-3-15-25-22)24(30)28-18-7-5-16(6-8-18)23(29)27-19-9-10-19/h3-8,11-15,19H,2,9-10H2,1H3,(H,25,26)(H,27,29)(H,28,30). The van der Waals surface area contributed by atoms with Crippen molar-refractivity contribution in [2.75, 3.05) is 17.2 Å². The van der Waals surface area contributed by atoms with Crippen LogP contribution in [0.25, 0.3) is 0 Å². The van der Waals surface area contributed by atoms with Gasteiger partial charge in [0.2, 0.25) is 0 Å². The predicted molar refractivity (Wildman–Crippen MR) is 120 cm³/mol. The fraction of sp³-hybridized carbons (Fsp3) is 0.208. The summed E-state index contributed by atoms with van der Waals surface area (Å²) in [6, 6.07) is 18.0. The summed E-state index contributed by atoms with van der Waals surface area (Å²) in [5, 5.41) is 8.98. The summed E-state index contributed by atoms with van der Waals surface area (Å²) in [4.78, 5) is 29.3. The molecule has 0 unspecified atom stereocenters. The van der Waals surface area contributed by atoms with Crippen LogP contribution < -0.4 is 20.7 Å². The highest BCUT2D eigenvalue weighted by Crippen LogP contribution is 2.23. The number of aromatic nitrogens is 1. The monoisotopic (exact) mass is 416 g/mol. The molecule has 7 nitrogen and oxygen atoms in total. The van der Waals surface area contributed by atoms with Crippen LogP contribution in [0.2, 0.25) is 0 Å². The quantitative estimate of drug-likeness (QED) is 0.507. The van der Waals surface area contributed by atoms with Crippen molar-refractivity contribution in [2.45, 2.75) is 25.8 Å². The SMILES string of the molecule is CCOc1ccc(Nc2ncccc2C(=O)Nc2ccc(C(=O)NC3CC3)cc2)cc1. The van der Waals surface area contributed by atoms with Crippen LogP contribution in [0.4, 0.5) is 17.2 Å². The number of nitrogens with zero attached hydrogens (tertiary/aromatic N) is 1. The molecule has 0 spiro atoms. The molecule has 0 saturated heterocycles. The molecule has 1 aliphatic rings. The molecular weight excluding hydrogens is 392 g/mol. The highest BCUT2D eigenvalue weighted by molar-refractivity contribution is 6.08. The second kappa shape index (κ2) is 9.30. The Morgan fingerprint density at radius 3 is 2.35 bits per heavy atom. The number of amides is 2. The van der Waals surface area contributed by atoms with E-state index >= 15 is 0 Å². The van der Waals surface area contributed by atoms with Gasteiger partial charge in [-0.15, -0.1) is 0 Å². The molecule has 158 valence electrons. The average Bonchev–Trinajstić information content (AvgIpc) is 3.60. The van der Waals surface area contributed by atoms with Gasteiger partial charge in [-0.3, -0.25) is 9.59 Å². The van der Waals surface area contributed by atoms with Gasteiger partial charge in [-0.05, 0) is 80.4 Å². The third-order valence-electron chi connectivity index (χ3n) is 4.80. The van der Waals surface area contributed by atoms with Crippen LogP contribution in [0.1, 0.15) is 40.5 Å². The van der Waals surface area contributed by atoms with E-state index in [9.17, 15) is 9.59 Å². The maximum absolute atomic E-state index is 12.8. The molecule has 31 heavy (non-hydrogen) atoms. The number of hydrogen-bond acceptors (Lipinski definition) is 5. The van der Waals surface area contributed by atoms with E-state index in [2.05, 4.69) is 20.9 Å². The molecular formula is C24H24N4O3. The summed E-state index contributed by atoms with van der Waals surface area (Å²) in [5.74, 6) is 0.845. The lowest BCUT2D eigenvalue weighted by Crippen LogP contribution is -2.25. The summed E-state index contributed by atoms with van der Waals surface area (Å²) in [6.07, 6.45) is 3.71. The molecule has 1 aromatic heterocycles. The summed E-state index contributed by atoms with van der Waals surface area (Å²) >= 11 is 0. The molecule has 2 aromatic carbocycles. The van der Waals surface area contributed by atoms with Gasteiger partial charge in [-0.25, -0.2) is 4.98 Å². The van der Waals surface area contributed by atoms with Gasteiger partial charge < -0.3 is 20.7 Å². The zero-order valence-corrected chi connectivity index (χ0v) is 17.2. The van der Waals surface area contributed by atoms with Crippen LogP contribution in [0.5, 0.6) is 5.75 Å². The number of carbonyl (C=O) groups excluding carboxylic acids is 2. The molecule has 1 heterocycles. The second-order valence-electron chi connectivity index (χ2n) is 7.26. The highest BCUT2D eigenvalue weighted by atomic mass is 16.5. The van der Waals surface area contributed by atoms with Gasteiger partial charge in [0.15, 0.2) is 0 Å². The summed E-state index contributed by atoms with van der Waals surface area (Å²) < 4.78 is 5.45. The van der Waals surface area contributed by atoms with Gasteiger partial charge in [0.25, 0.3) is 11.8 Å². The van der Waals surface area contributed by atoms with Crippen molar-refractivity contribution in [3.05, 3.63) is 78.0 Å². The molecule has 0 radical (unpaired) electrons. The lowest BCUT2D eigenvalue weighted by Gasteiger charge is -2.12. The van der Waals surface area contributed by atoms with Crippen molar-refractivity contribution < 1.29 is 14.3 Å². The van der Waals surface area contributed by atoms with E-state index in [0.29, 0.717) is 35.3 Å². The maximum Gasteiger partial charge on any atom is 0.259 e. The zero-order chi connectivity index (χ0) is 21.6. The maximum atomic E-state index is 12.8. The average molecular weight is 416 g/mol. The molecule has 0 bridgehead atoms. The minimum Gasteiger partial charge on any atom is -0.494 e. The molecule has 1 aliphatic carbocycles. The molecule has 3 aromatic rings. The van der Waals surface area contributed by atoms with Gasteiger partial charge in [0.05, 0.1) is 12.2 Å². The number of carbonyl (C=O) groups is 2. The third kappa shape index (κ3) is 5.39. The van der Waals surface area contributed by atoms with Crippen molar-refractivity contribution in [3.63, 3.8) is 0 Å². The van der Waals surface area contributed by atoms with E-state index in [0.717, 1.165) is 24.3 Å². The van der Waals surface area contributed by atoms with Crippen LogP contribution in [-0.4, -0.2) is 29.4 Å². The fourth-order valence-electron chi connectivity index (χ4n) is 3.03. The Bertz CT molecular complexity index is 1060. The first-order valence-corrected chi connectivity index (χ1v) is 10.3. The van der Waals surface area contributed by atoms with Crippen LogP contribution in [0, 0.1) is 0 Å². The van der Waals surface area contributed by atoms with Crippen molar-refractivity contribution in [1.29, 1.82) is 0 Å². The number of rotatable bonds is 8. The Kier molecular flexibility index (Phi) is 6.12. The second-order valence-corrected chi connectivity index (χ2v) is 7.26. The van der Waals surface area contributed by atoms with E-state index in [-0.39, 0.29) is 11.8 Å². The zero-order valence-electron chi connectivity index (χ0n) is 17.2. The molecule has 1 saturated carbocycles.